The van der Waals surface area contributed by atoms with E-state index in [0.717, 1.165) is 0 Å². The quantitative estimate of drug-likeness (QED) is 0.876. The average Bonchev–Trinajstić information content (AvgIpc) is 3.12. The van der Waals surface area contributed by atoms with Crippen molar-refractivity contribution in [2.75, 3.05) is 0 Å². The SMILES string of the molecule is CC(C)C(C(=O)O)c1ccc(C(F)(F)C2CC2)cc1. The number of alkyl halides is 2. The van der Waals surface area contributed by atoms with Crippen molar-refractivity contribution in [2.24, 2.45) is 11.8 Å². The Morgan fingerprint density at radius 3 is 2.16 bits per heavy atom. The monoisotopic (exact) mass is 268 g/mol. The van der Waals surface area contributed by atoms with E-state index in [1.807, 2.05) is 13.8 Å². The average molecular weight is 268 g/mol. The van der Waals surface area contributed by atoms with Crippen molar-refractivity contribution in [3.63, 3.8) is 0 Å². The molecule has 4 heteroatoms. The Morgan fingerprint density at radius 1 is 1.26 bits per heavy atom. The first-order chi connectivity index (χ1) is 8.84. The van der Waals surface area contributed by atoms with Gasteiger partial charge in [-0.1, -0.05) is 38.1 Å². The van der Waals surface area contributed by atoms with Gasteiger partial charge in [-0.2, -0.15) is 0 Å². The third-order valence-corrected chi connectivity index (χ3v) is 3.68. The molecule has 0 spiro atoms. The van der Waals surface area contributed by atoms with Crippen molar-refractivity contribution >= 4 is 5.97 Å². The second-order valence-corrected chi connectivity index (χ2v) is 5.58. The summed E-state index contributed by atoms with van der Waals surface area (Å²) in [6.07, 6.45) is 1.14. The molecule has 0 aromatic heterocycles. The second-order valence-electron chi connectivity index (χ2n) is 5.58. The zero-order valence-corrected chi connectivity index (χ0v) is 11.1. The minimum atomic E-state index is -2.78. The van der Waals surface area contributed by atoms with Crippen LogP contribution in [0.15, 0.2) is 24.3 Å². The highest BCUT2D eigenvalue weighted by Crippen LogP contribution is 2.49. The van der Waals surface area contributed by atoms with Crippen LogP contribution in [0.4, 0.5) is 8.78 Å². The molecule has 19 heavy (non-hydrogen) atoms. The Balaban J connectivity index is 2.24. The molecule has 1 unspecified atom stereocenters. The zero-order valence-electron chi connectivity index (χ0n) is 11.1. The summed E-state index contributed by atoms with van der Waals surface area (Å²) in [6.45, 7) is 3.62. The van der Waals surface area contributed by atoms with Gasteiger partial charge in [-0.15, -0.1) is 0 Å². The van der Waals surface area contributed by atoms with Crippen LogP contribution in [0.1, 0.15) is 43.7 Å². The Hall–Kier alpha value is -1.45. The van der Waals surface area contributed by atoms with Gasteiger partial charge in [0.2, 0.25) is 0 Å². The van der Waals surface area contributed by atoms with Gasteiger partial charge in [0, 0.05) is 11.5 Å². The highest BCUT2D eigenvalue weighted by atomic mass is 19.3. The third-order valence-electron chi connectivity index (χ3n) is 3.68. The first-order valence-corrected chi connectivity index (χ1v) is 6.55. The standard InChI is InChI=1S/C15H18F2O2/c1-9(2)13(14(18)19)10-3-5-11(6-4-10)15(16,17)12-7-8-12/h3-6,9,12-13H,7-8H2,1-2H3,(H,18,19). The molecule has 1 N–H and O–H groups in total. The fourth-order valence-electron chi connectivity index (χ4n) is 2.41. The van der Waals surface area contributed by atoms with Gasteiger partial charge in [0.25, 0.3) is 5.92 Å². The largest absolute Gasteiger partial charge is 0.481 e. The minimum absolute atomic E-state index is 0.00774. The molecule has 1 saturated carbocycles. The Morgan fingerprint density at radius 2 is 1.79 bits per heavy atom. The van der Waals surface area contributed by atoms with Crippen molar-refractivity contribution in [1.82, 2.24) is 0 Å². The van der Waals surface area contributed by atoms with Crippen molar-refractivity contribution in [3.05, 3.63) is 35.4 Å². The van der Waals surface area contributed by atoms with Gasteiger partial charge >= 0.3 is 5.97 Å². The number of carboxylic acid groups (broad SMARTS) is 1. The number of rotatable bonds is 5. The first-order valence-electron chi connectivity index (χ1n) is 6.55. The fourth-order valence-corrected chi connectivity index (χ4v) is 2.41. The number of halogens is 2. The van der Waals surface area contributed by atoms with Gasteiger partial charge < -0.3 is 5.11 Å². The van der Waals surface area contributed by atoms with Crippen LogP contribution in [0, 0.1) is 11.8 Å². The predicted molar refractivity (Wildman–Crippen MR) is 68.3 cm³/mol. The van der Waals surface area contributed by atoms with E-state index < -0.39 is 23.7 Å². The summed E-state index contributed by atoms with van der Waals surface area (Å²) in [5.74, 6) is -4.97. The number of hydrogen-bond acceptors (Lipinski definition) is 1. The molecule has 104 valence electrons. The maximum atomic E-state index is 13.9. The van der Waals surface area contributed by atoms with Crippen LogP contribution in [0.2, 0.25) is 0 Å². The first kappa shape index (κ1) is 14.0. The molecule has 0 aliphatic heterocycles. The van der Waals surface area contributed by atoms with Crippen LogP contribution in [0.25, 0.3) is 0 Å². The molecule has 2 rings (SSSR count). The number of aliphatic carboxylic acids is 1. The molecule has 1 aliphatic carbocycles. The van der Waals surface area contributed by atoms with Gasteiger partial charge in [0.1, 0.15) is 0 Å². The molecule has 0 amide bonds. The Bertz CT molecular complexity index is 462. The summed E-state index contributed by atoms with van der Waals surface area (Å²) in [5.41, 5.74) is 0.574. The number of carboxylic acids is 1. The van der Waals surface area contributed by atoms with Crippen molar-refractivity contribution in [3.8, 4) is 0 Å². The summed E-state index contributed by atoms with van der Waals surface area (Å²) in [7, 11) is 0. The fraction of sp³-hybridized carbons (Fsp3) is 0.533. The van der Waals surface area contributed by atoms with Crippen LogP contribution >= 0.6 is 0 Å². The summed E-state index contributed by atoms with van der Waals surface area (Å²) in [5, 5.41) is 9.18. The minimum Gasteiger partial charge on any atom is -0.481 e. The summed E-state index contributed by atoms with van der Waals surface area (Å²) in [4.78, 5) is 11.2. The lowest BCUT2D eigenvalue weighted by atomic mass is 9.87. The molecule has 0 saturated heterocycles. The number of carbonyl (C=O) groups is 1. The van der Waals surface area contributed by atoms with Crippen molar-refractivity contribution < 1.29 is 18.7 Å². The van der Waals surface area contributed by atoms with Gasteiger partial charge in [-0.05, 0) is 24.3 Å². The van der Waals surface area contributed by atoms with E-state index in [1.54, 1.807) is 0 Å². The van der Waals surface area contributed by atoms with Crippen molar-refractivity contribution in [2.45, 2.75) is 38.5 Å². The van der Waals surface area contributed by atoms with Crippen LogP contribution in [-0.2, 0) is 10.7 Å². The third kappa shape index (κ3) is 2.77. The molecule has 1 fully saturated rings. The normalized spacial score (nSPS) is 17.5. The maximum Gasteiger partial charge on any atom is 0.311 e. The lowest BCUT2D eigenvalue weighted by Crippen LogP contribution is -2.19. The molecular formula is C15H18F2O2. The van der Waals surface area contributed by atoms with E-state index in [9.17, 15) is 18.7 Å². The van der Waals surface area contributed by atoms with E-state index >= 15 is 0 Å². The molecule has 0 bridgehead atoms. The number of hydrogen-bond donors (Lipinski definition) is 1. The Kier molecular flexibility index (Phi) is 3.61. The van der Waals surface area contributed by atoms with E-state index in [1.165, 1.54) is 24.3 Å². The summed E-state index contributed by atoms with van der Waals surface area (Å²) >= 11 is 0. The lowest BCUT2D eigenvalue weighted by Gasteiger charge is -2.19. The second kappa shape index (κ2) is 4.91. The van der Waals surface area contributed by atoms with Gasteiger partial charge in [0.15, 0.2) is 0 Å². The molecule has 2 nitrogen and oxygen atoms in total. The molecule has 1 atom stereocenters. The van der Waals surface area contributed by atoms with E-state index in [2.05, 4.69) is 0 Å². The zero-order chi connectivity index (χ0) is 14.2. The van der Waals surface area contributed by atoms with Gasteiger partial charge in [-0.3, -0.25) is 4.79 Å². The highest BCUT2D eigenvalue weighted by molar-refractivity contribution is 5.76. The summed E-state index contributed by atoms with van der Waals surface area (Å²) < 4.78 is 27.7. The maximum absolute atomic E-state index is 13.9. The van der Waals surface area contributed by atoms with E-state index in [4.69, 9.17) is 0 Å². The van der Waals surface area contributed by atoms with Gasteiger partial charge in [0.05, 0.1) is 5.92 Å². The molecule has 1 aliphatic rings. The van der Waals surface area contributed by atoms with Crippen LogP contribution < -0.4 is 0 Å². The molecule has 1 aromatic carbocycles. The lowest BCUT2D eigenvalue weighted by molar-refractivity contribution is -0.139. The van der Waals surface area contributed by atoms with Crippen LogP contribution in [0.5, 0.6) is 0 Å². The van der Waals surface area contributed by atoms with Crippen LogP contribution in [0.3, 0.4) is 0 Å². The molecular weight excluding hydrogens is 250 g/mol. The summed E-state index contributed by atoms with van der Waals surface area (Å²) in [6, 6.07) is 5.77. The molecule has 1 aromatic rings. The Labute approximate surface area is 111 Å². The highest BCUT2D eigenvalue weighted by Gasteiger charge is 2.47. The molecule has 0 radical (unpaired) electrons. The smallest absolute Gasteiger partial charge is 0.311 e. The van der Waals surface area contributed by atoms with Crippen molar-refractivity contribution in [1.29, 1.82) is 0 Å². The van der Waals surface area contributed by atoms with Crippen LogP contribution in [-0.4, -0.2) is 11.1 Å². The number of benzene rings is 1. The topological polar surface area (TPSA) is 37.3 Å². The predicted octanol–water partition coefficient (Wildman–Crippen LogP) is 4.01. The van der Waals surface area contributed by atoms with E-state index in [-0.39, 0.29) is 11.5 Å². The van der Waals surface area contributed by atoms with Gasteiger partial charge in [-0.25, -0.2) is 8.78 Å². The van der Waals surface area contributed by atoms with E-state index in [0.29, 0.717) is 18.4 Å². The molecule has 0 heterocycles.